The summed E-state index contributed by atoms with van der Waals surface area (Å²) in [4.78, 5) is 42.1. The number of aldehydes is 1. The molecule has 14 heavy (non-hydrogen) atoms. The maximum Gasteiger partial charge on any atom is 0.249 e. The van der Waals surface area contributed by atoms with E-state index >= 15 is 0 Å². The van der Waals surface area contributed by atoms with Crippen molar-refractivity contribution in [3.05, 3.63) is 0 Å². The Morgan fingerprint density at radius 1 is 1.14 bits per heavy atom. The minimum atomic E-state index is -1.66. The van der Waals surface area contributed by atoms with Crippen molar-refractivity contribution in [2.75, 3.05) is 0 Å². The zero-order valence-corrected chi connectivity index (χ0v) is 7.10. The molecule has 0 aliphatic rings. The highest BCUT2D eigenvalue weighted by molar-refractivity contribution is 6.07. The molecule has 0 spiro atoms. The number of rotatable bonds is 5. The smallest absolute Gasteiger partial charge is 0.249 e. The molecule has 8 nitrogen and oxygen atoms in total. The van der Waals surface area contributed by atoms with E-state index in [9.17, 15) is 19.2 Å². The zero-order chi connectivity index (χ0) is 11.3. The fourth-order valence-corrected chi connectivity index (χ4v) is 0.583. The summed E-state index contributed by atoms with van der Waals surface area (Å²) in [6.07, 6.45) is 0.147. The molecule has 0 aliphatic carbocycles. The van der Waals surface area contributed by atoms with Crippen molar-refractivity contribution in [3.8, 4) is 0 Å². The Bertz CT molecular complexity index is 263. The highest BCUT2D eigenvalue weighted by Gasteiger charge is 2.25. The third kappa shape index (κ3) is 3.19. The number of nitrogens with one attached hydrogen (secondary N) is 1. The van der Waals surface area contributed by atoms with E-state index in [2.05, 4.69) is 0 Å². The average Bonchev–Trinajstić information content (AvgIpc) is 2.11. The van der Waals surface area contributed by atoms with Gasteiger partial charge in [-0.15, -0.1) is 0 Å². The molecule has 0 heterocycles. The number of amides is 3. The Morgan fingerprint density at radius 3 is 1.86 bits per heavy atom. The van der Waals surface area contributed by atoms with Crippen LogP contribution in [0.5, 0.6) is 0 Å². The monoisotopic (exact) mass is 202 g/mol. The van der Waals surface area contributed by atoms with Crippen molar-refractivity contribution >= 4 is 24.0 Å². The largest absolute Gasteiger partial charge is 0.367 e. The first-order valence-corrected chi connectivity index (χ1v) is 3.50. The predicted molar refractivity (Wildman–Crippen MR) is 44.4 cm³/mol. The summed E-state index contributed by atoms with van der Waals surface area (Å²) in [5.74, 6) is -3.24. The molecule has 0 aromatic rings. The zero-order valence-electron chi connectivity index (χ0n) is 7.10. The van der Waals surface area contributed by atoms with Gasteiger partial charge in [0.1, 0.15) is 12.3 Å². The van der Waals surface area contributed by atoms with Gasteiger partial charge in [0.25, 0.3) is 0 Å². The van der Waals surface area contributed by atoms with Crippen molar-refractivity contribution in [3.63, 3.8) is 0 Å². The third-order valence-electron chi connectivity index (χ3n) is 1.30. The molecule has 0 aliphatic heterocycles. The molecule has 0 aromatic carbocycles. The summed E-state index contributed by atoms with van der Waals surface area (Å²) in [7, 11) is 0. The molecule has 0 saturated carbocycles. The molecular formula is C6H10N4O4. The Kier molecular flexibility index (Phi) is 4.23. The Labute approximate surface area is 78.8 Å². The molecular weight excluding hydrogens is 192 g/mol. The lowest BCUT2D eigenvalue weighted by atomic mass is 10.2. The van der Waals surface area contributed by atoms with Crippen LogP contribution in [0.1, 0.15) is 0 Å². The van der Waals surface area contributed by atoms with Gasteiger partial charge in [0.05, 0.1) is 0 Å². The summed E-state index contributed by atoms with van der Waals surface area (Å²) in [6.45, 7) is 0. The van der Waals surface area contributed by atoms with Gasteiger partial charge in [-0.3, -0.25) is 14.4 Å². The summed E-state index contributed by atoms with van der Waals surface area (Å²) < 4.78 is 0. The predicted octanol–water partition coefficient (Wildman–Crippen LogP) is -4.03. The highest BCUT2D eigenvalue weighted by Crippen LogP contribution is 1.82. The Hall–Kier alpha value is -1.96. The molecule has 1 atom stereocenters. The molecule has 78 valence electrons. The van der Waals surface area contributed by atoms with Crippen molar-refractivity contribution in [2.24, 2.45) is 17.2 Å². The third-order valence-corrected chi connectivity index (χ3v) is 1.30. The van der Waals surface area contributed by atoms with Gasteiger partial charge in [-0.05, 0) is 0 Å². The SMILES string of the molecule is NC(=O)C(NC(=O)C(N)C=O)C(N)=O. The lowest BCUT2D eigenvalue weighted by molar-refractivity contribution is -0.135. The first-order valence-electron chi connectivity index (χ1n) is 3.50. The molecule has 0 aromatic heterocycles. The van der Waals surface area contributed by atoms with Crippen molar-refractivity contribution < 1.29 is 19.2 Å². The van der Waals surface area contributed by atoms with Crippen LogP contribution in [0.4, 0.5) is 0 Å². The molecule has 0 rings (SSSR count). The van der Waals surface area contributed by atoms with Gasteiger partial charge in [0.15, 0.2) is 6.04 Å². The lowest BCUT2D eigenvalue weighted by Crippen LogP contribution is -2.56. The topological polar surface area (TPSA) is 158 Å². The van der Waals surface area contributed by atoms with E-state index in [4.69, 9.17) is 17.2 Å². The molecule has 0 bridgehead atoms. The van der Waals surface area contributed by atoms with Crippen LogP contribution >= 0.6 is 0 Å². The van der Waals surface area contributed by atoms with Crippen molar-refractivity contribution in [2.45, 2.75) is 12.1 Å². The normalized spacial score (nSPS) is 11.9. The quantitative estimate of drug-likeness (QED) is 0.263. The maximum absolute atomic E-state index is 10.9. The van der Waals surface area contributed by atoms with Gasteiger partial charge in [-0.2, -0.15) is 0 Å². The van der Waals surface area contributed by atoms with Crippen LogP contribution in [0.3, 0.4) is 0 Å². The van der Waals surface area contributed by atoms with E-state index in [1.807, 2.05) is 5.32 Å². The van der Waals surface area contributed by atoms with E-state index in [1.165, 1.54) is 0 Å². The second-order valence-corrected chi connectivity index (χ2v) is 2.41. The highest BCUT2D eigenvalue weighted by atomic mass is 16.2. The standard InChI is InChI=1S/C6H10N4O4/c7-2(1-11)6(14)10-3(4(8)12)5(9)13/h1-3H,7H2,(H2,8,12)(H2,9,13)(H,10,14). The van der Waals surface area contributed by atoms with Crippen LogP contribution in [0.25, 0.3) is 0 Å². The van der Waals surface area contributed by atoms with E-state index in [1.54, 1.807) is 0 Å². The summed E-state index contributed by atoms with van der Waals surface area (Å²) >= 11 is 0. The number of hydrogen-bond donors (Lipinski definition) is 4. The van der Waals surface area contributed by atoms with Crippen molar-refractivity contribution in [1.82, 2.24) is 5.32 Å². The second kappa shape index (κ2) is 4.92. The maximum atomic E-state index is 10.9. The number of carbonyl (C=O) groups is 4. The van der Waals surface area contributed by atoms with Gasteiger partial charge in [0, 0.05) is 0 Å². The van der Waals surface area contributed by atoms with Gasteiger partial charge < -0.3 is 27.3 Å². The molecule has 3 amide bonds. The van der Waals surface area contributed by atoms with Crippen LogP contribution in [0.15, 0.2) is 0 Å². The fraction of sp³-hybridized carbons (Fsp3) is 0.333. The first-order chi connectivity index (χ1) is 6.40. The number of hydrogen-bond acceptors (Lipinski definition) is 5. The Balaban J connectivity index is 4.46. The minimum absolute atomic E-state index is 0.147. The average molecular weight is 202 g/mol. The summed E-state index contributed by atoms with van der Waals surface area (Å²) in [5.41, 5.74) is 14.5. The molecule has 0 radical (unpaired) electrons. The summed E-state index contributed by atoms with van der Waals surface area (Å²) in [5, 5.41) is 1.82. The molecule has 7 N–H and O–H groups in total. The van der Waals surface area contributed by atoms with Gasteiger partial charge in [-0.25, -0.2) is 0 Å². The van der Waals surface area contributed by atoms with Crippen LogP contribution in [-0.4, -0.2) is 36.1 Å². The van der Waals surface area contributed by atoms with Gasteiger partial charge in [0.2, 0.25) is 17.7 Å². The fourth-order valence-electron chi connectivity index (χ4n) is 0.583. The molecule has 0 fully saturated rings. The van der Waals surface area contributed by atoms with E-state index < -0.39 is 29.8 Å². The molecule has 0 saturated heterocycles. The van der Waals surface area contributed by atoms with E-state index in [0.29, 0.717) is 0 Å². The van der Waals surface area contributed by atoms with Crippen LogP contribution < -0.4 is 22.5 Å². The lowest BCUT2D eigenvalue weighted by Gasteiger charge is -2.12. The van der Waals surface area contributed by atoms with Crippen LogP contribution in [0.2, 0.25) is 0 Å². The number of nitrogens with two attached hydrogens (primary N) is 3. The molecule has 8 heteroatoms. The second-order valence-electron chi connectivity index (χ2n) is 2.41. The molecule has 1 unspecified atom stereocenters. The number of carbonyl (C=O) groups excluding carboxylic acids is 4. The van der Waals surface area contributed by atoms with Gasteiger partial charge in [-0.1, -0.05) is 0 Å². The van der Waals surface area contributed by atoms with Gasteiger partial charge >= 0.3 is 0 Å². The van der Waals surface area contributed by atoms with E-state index in [0.717, 1.165) is 0 Å². The minimum Gasteiger partial charge on any atom is -0.367 e. The van der Waals surface area contributed by atoms with Crippen LogP contribution in [0, 0.1) is 0 Å². The van der Waals surface area contributed by atoms with Crippen molar-refractivity contribution in [1.29, 1.82) is 0 Å². The first kappa shape index (κ1) is 12.0. The number of primary amides is 2. The van der Waals surface area contributed by atoms with E-state index in [-0.39, 0.29) is 6.29 Å². The summed E-state index contributed by atoms with van der Waals surface area (Å²) in [6, 6.07) is -3.12. The van der Waals surface area contributed by atoms with Crippen LogP contribution in [-0.2, 0) is 19.2 Å². The Morgan fingerprint density at radius 2 is 1.57 bits per heavy atom.